The quantitative estimate of drug-likeness (QED) is 0.850. The number of aryl methyl sites for hydroxylation is 1. The summed E-state index contributed by atoms with van der Waals surface area (Å²) in [4.78, 5) is 4.84. The zero-order valence-electron chi connectivity index (χ0n) is 12.9. The zero-order chi connectivity index (χ0) is 14.2. The van der Waals surface area contributed by atoms with E-state index >= 15 is 0 Å². The van der Waals surface area contributed by atoms with Crippen LogP contribution in [0.2, 0.25) is 0 Å². The number of nitrogens with one attached hydrogen (secondary N) is 1. The molecule has 0 aliphatic heterocycles. The topological polar surface area (TPSA) is 24.9 Å². The average molecular weight is 256 g/mol. The van der Waals surface area contributed by atoms with Crippen LogP contribution in [0.4, 0.5) is 5.69 Å². The molecule has 102 valence electrons. The maximum Gasteiger partial charge on any atom is 0.0763 e. The molecule has 19 heavy (non-hydrogen) atoms. The van der Waals surface area contributed by atoms with E-state index in [1.165, 1.54) is 22.2 Å². The maximum absolute atomic E-state index is 4.84. The molecular formula is C17H24N2. The third-order valence-electron chi connectivity index (χ3n) is 3.66. The van der Waals surface area contributed by atoms with Gasteiger partial charge >= 0.3 is 0 Å². The van der Waals surface area contributed by atoms with Crippen LogP contribution in [0.5, 0.6) is 0 Å². The summed E-state index contributed by atoms with van der Waals surface area (Å²) < 4.78 is 0. The molecule has 1 aromatic carbocycles. The summed E-state index contributed by atoms with van der Waals surface area (Å²) in [5.41, 5.74) is 6.15. The molecule has 0 spiro atoms. The van der Waals surface area contributed by atoms with Crippen molar-refractivity contribution < 1.29 is 0 Å². The minimum Gasteiger partial charge on any atom is -0.385 e. The first-order chi connectivity index (χ1) is 8.86. The molecule has 0 saturated heterocycles. The van der Waals surface area contributed by atoms with E-state index in [1.54, 1.807) is 0 Å². The van der Waals surface area contributed by atoms with Gasteiger partial charge in [-0.25, -0.2) is 0 Å². The van der Waals surface area contributed by atoms with Gasteiger partial charge in [-0.15, -0.1) is 0 Å². The lowest BCUT2D eigenvalue weighted by Crippen LogP contribution is -2.13. The summed E-state index contributed by atoms with van der Waals surface area (Å²) in [7, 11) is 0. The van der Waals surface area contributed by atoms with E-state index in [4.69, 9.17) is 4.98 Å². The van der Waals surface area contributed by atoms with E-state index in [0.717, 1.165) is 17.8 Å². The van der Waals surface area contributed by atoms with Gasteiger partial charge in [-0.1, -0.05) is 39.0 Å². The van der Waals surface area contributed by atoms with Crippen LogP contribution in [0.3, 0.4) is 0 Å². The van der Waals surface area contributed by atoms with Crippen LogP contribution in [0.15, 0.2) is 18.2 Å². The SMILES string of the molecule is CCNc1c(C)c(C)nc2c(C(C)(C)C)cccc12. The van der Waals surface area contributed by atoms with Crippen molar-refractivity contribution in [1.82, 2.24) is 4.98 Å². The molecule has 0 aliphatic carbocycles. The number of rotatable bonds is 2. The third kappa shape index (κ3) is 2.44. The van der Waals surface area contributed by atoms with Crippen LogP contribution < -0.4 is 5.32 Å². The van der Waals surface area contributed by atoms with Crippen LogP contribution in [-0.2, 0) is 5.41 Å². The van der Waals surface area contributed by atoms with E-state index in [2.05, 4.69) is 65.1 Å². The number of nitrogens with zero attached hydrogens (tertiary/aromatic N) is 1. The van der Waals surface area contributed by atoms with Crippen LogP contribution in [-0.4, -0.2) is 11.5 Å². The third-order valence-corrected chi connectivity index (χ3v) is 3.66. The highest BCUT2D eigenvalue weighted by Crippen LogP contribution is 2.34. The predicted octanol–water partition coefficient (Wildman–Crippen LogP) is 4.58. The molecule has 1 aromatic heterocycles. The molecule has 0 unspecified atom stereocenters. The Morgan fingerprint density at radius 1 is 1.16 bits per heavy atom. The van der Waals surface area contributed by atoms with Gasteiger partial charge in [-0.05, 0) is 37.3 Å². The zero-order valence-corrected chi connectivity index (χ0v) is 12.9. The fourth-order valence-corrected chi connectivity index (χ4v) is 2.51. The molecule has 0 radical (unpaired) electrons. The summed E-state index contributed by atoms with van der Waals surface area (Å²) in [6.45, 7) is 14.0. The average Bonchev–Trinajstić information content (AvgIpc) is 2.33. The van der Waals surface area contributed by atoms with Gasteiger partial charge in [0, 0.05) is 23.3 Å². The molecule has 1 N–H and O–H groups in total. The number of para-hydroxylation sites is 1. The second-order valence-corrected chi connectivity index (χ2v) is 6.18. The lowest BCUT2D eigenvalue weighted by Gasteiger charge is -2.23. The van der Waals surface area contributed by atoms with Crippen molar-refractivity contribution in [1.29, 1.82) is 0 Å². The van der Waals surface area contributed by atoms with Crippen molar-refractivity contribution >= 4 is 16.6 Å². The van der Waals surface area contributed by atoms with Crippen LogP contribution >= 0.6 is 0 Å². The summed E-state index contributed by atoms with van der Waals surface area (Å²) >= 11 is 0. The monoisotopic (exact) mass is 256 g/mol. The molecule has 2 heteroatoms. The molecule has 0 atom stereocenters. The highest BCUT2D eigenvalue weighted by molar-refractivity contribution is 5.95. The Bertz CT molecular complexity index is 607. The first-order valence-electron chi connectivity index (χ1n) is 7.00. The number of fused-ring (bicyclic) bond motifs is 1. The van der Waals surface area contributed by atoms with Gasteiger partial charge in [0.05, 0.1) is 5.52 Å². The Labute approximate surface area is 116 Å². The lowest BCUT2D eigenvalue weighted by atomic mass is 9.85. The van der Waals surface area contributed by atoms with Crippen LogP contribution in [0, 0.1) is 13.8 Å². The minimum atomic E-state index is 0.109. The first kappa shape index (κ1) is 13.9. The number of hydrogen-bond acceptors (Lipinski definition) is 2. The smallest absolute Gasteiger partial charge is 0.0763 e. The molecule has 2 aromatic rings. The van der Waals surface area contributed by atoms with E-state index in [9.17, 15) is 0 Å². The number of hydrogen-bond donors (Lipinski definition) is 1. The fourth-order valence-electron chi connectivity index (χ4n) is 2.51. The van der Waals surface area contributed by atoms with Crippen LogP contribution in [0.25, 0.3) is 10.9 Å². The predicted molar refractivity (Wildman–Crippen MR) is 84.1 cm³/mol. The Morgan fingerprint density at radius 2 is 1.84 bits per heavy atom. The van der Waals surface area contributed by atoms with Gasteiger partial charge in [-0.3, -0.25) is 4.98 Å². The van der Waals surface area contributed by atoms with Gasteiger partial charge in [0.15, 0.2) is 0 Å². The molecular weight excluding hydrogens is 232 g/mol. The van der Waals surface area contributed by atoms with Crippen LogP contribution in [0.1, 0.15) is 44.5 Å². The Hall–Kier alpha value is -1.57. The number of aromatic nitrogens is 1. The Balaban J connectivity index is 2.85. The highest BCUT2D eigenvalue weighted by atomic mass is 14.9. The van der Waals surface area contributed by atoms with Gasteiger partial charge in [-0.2, -0.15) is 0 Å². The van der Waals surface area contributed by atoms with Gasteiger partial charge < -0.3 is 5.32 Å². The molecule has 0 fully saturated rings. The van der Waals surface area contributed by atoms with Gasteiger partial charge in [0.25, 0.3) is 0 Å². The van der Waals surface area contributed by atoms with Crippen molar-refractivity contribution in [3.63, 3.8) is 0 Å². The molecule has 2 rings (SSSR count). The van der Waals surface area contributed by atoms with Gasteiger partial charge in [0.1, 0.15) is 0 Å². The number of pyridine rings is 1. The molecule has 2 nitrogen and oxygen atoms in total. The second-order valence-electron chi connectivity index (χ2n) is 6.18. The summed E-state index contributed by atoms with van der Waals surface area (Å²) in [5, 5.41) is 4.73. The van der Waals surface area contributed by atoms with E-state index < -0.39 is 0 Å². The van der Waals surface area contributed by atoms with Crippen molar-refractivity contribution in [2.45, 2.75) is 47.0 Å². The number of benzene rings is 1. The summed E-state index contributed by atoms with van der Waals surface area (Å²) in [6.07, 6.45) is 0. The Morgan fingerprint density at radius 3 is 2.42 bits per heavy atom. The maximum atomic E-state index is 4.84. The summed E-state index contributed by atoms with van der Waals surface area (Å²) in [6, 6.07) is 6.50. The lowest BCUT2D eigenvalue weighted by molar-refractivity contribution is 0.594. The van der Waals surface area contributed by atoms with E-state index in [-0.39, 0.29) is 5.41 Å². The van der Waals surface area contributed by atoms with Crippen molar-refractivity contribution in [3.8, 4) is 0 Å². The Kier molecular flexibility index (Phi) is 3.53. The molecule has 0 saturated carbocycles. The molecule has 0 bridgehead atoms. The van der Waals surface area contributed by atoms with Crippen molar-refractivity contribution in [2.24, 2.45) is 0 Å². The fraction of sp³-hybridized carbons (Fsp3) is 0.471. The molecule has 1 heterocycles. The number of anilines is 1. The van der Waals surface area contributed by atoms with E-state index in [1.807, 2.05) is 0 Å². The summed E-state index contributed by atoms with van der Waals surface area (Å²) in [5.74, 6) is 0. The molecule has 0 amide bonds. The van der Waals surface area contributed by atoms with Crippen molar-refractivity contribution in [2.75, 3.05) is 11.9 Å². The van der Waals surface area contributed by atoms with Gasteiger partial charge in [0.2, 0.25) is 0 Å². The standard InChI is InChI=1S/C17H24N2/c1-7-18-15-11(2)12(3)19-16-13(15)9-8-10-14(16)17(4,5)6/h8-10H,7H2,1-6H3,(H,18,19). The first-order valence-corrected chi connectivity index (χ1v) is 7.00. The van der Waals surface area contributed by atoms with E-state index in [0.29, 0.717) is 0 Å². The molecule has 0 aliphatic rings. The minimum absolute atomic E-state index is 0.109. The largest absolute Gasteiger partial charge is 0.385 e. The normalized spacial score (nSPS) is 11.9. The van der Waals surface area contributed by atoms with Crippen molar-refractivity contribution in [3.05, 3.63) is 35.0 Å². The second kappa shape index (κ2) is 4.84. The highest BCUT2D eigenvalue weighted by Gasteiger charge is 2.19.